The van der Waals surface area contributed by atoms with Gasteiger partial charge in [-0.3, -0.25) is 19.7 Å². The lowest BCUT2D eigenvalue weighted by molar-refractivity contribution is -0.136. The summed E-state index contributed by atoms with van der Waals surface area (Å²) in [5, 5.41) is 2.34. The normalized spacial score (nSPS) is 17.3. The maximum atomic E-state index is 13.0. The Kier molecular flexibility index (Phi) is 5.25. The third-order valence-electron chi connectivity index (χ3n) is 6.95. The van der Waals surface area contributed by atoms with Gasteiger partial charge >= 0.3 is 0 Å². The summed E-state index contributed by atoms with van der Waals surface area (Å²) in [5.74, 6) is -0.0127. The molecule has 1 aromatic heterocycles. The molecular weight excluding hydrogens is 452 g/mol. The first-order valence-electron chi connectivity index (χ1n) is 11.9. The zero-order valence-corrected chi connectivity index (χ0v) is 19.8. The predicted molar refractivity (Wildman–Crippen MR) is 136 cm³/mol. The number of fused-ring (bicyclic) bond motifs is 1. The van der Waals surface area contributed by atoms with E-state index < -0.39 is 11.9 Å². The number of aryl methyl sites for hydroxylation is 1. The number of nitrogens with zero attached hydrogens (tertiary/aromatic N) is 3. The number of benzene rings is 3. The van der Waals surface area contributed by atoms with Crippen molar-refractivity contribution >= 4 is 17.7 Å². The van der Waals surface area contributed by atoms with Gasteiger partial charge in [0.2, 0.25) is 11.8 Å². The molecule has 1 unspecified atom stereocenters. The molecule has 0 saturated carbocycles. The van der Waals surface area contributed by atoms with Gasteiger partial charge in [0.15, 0.2) is 0 Å². The minimum absolute atomic E-state index is 0.175. The number of carbonyl (C=O) groups is 3. The molecule has 1 saturated heterocycles. The van der Waals surface area contributed by atoms with Crippen LogP contribution in [0, 0.1) is 0 Å². The van der Waals surface area contributed by atoms with E-state index in [1.54, 1.807) is 4.90 Å². The second kappa shape index (κ2) is 8.61. The number of rotatable bonds is 4. The fourth-order valence-corrected chi connectivity index (χ4v) is 5.05. The molecule has 1 atom stereocenters. The maximum absolute atomic E-state index is 13.0. The molecular formula is C29H24N4O3. The highest BCUT2D eigenvalue weighted by molar-refractivity contribution is 6.05. The van der Waals surface area contributed by atoms with Crippen LogP contribution in [-0.2, 0) is 23.2 Å². The van der Waals surface area contributed by atoms with Crippen LogP contribution in [0.15, 0.2) is 79.0 Å². The van der Waals surface area contributed by atoms with Gasteiger partial charge in [0, 0.05) is 42.9 Å². The first-order valence-corrected chi connectivity index (χ1v) is 11.9. The molecule has 3 heterocycles. The Labute approximate surface area is 208 Å². The maximum Gasteiger partial charge on any atom is 0.255 e. The number of piperidine rings is 1. The van der Waals surface area contributed by atoms with E-state index in [9.17, 15) is 14.4 Å². The van der Waals surface area contributed by atoms with Crippen LogP contribution in [0.3, 0.4) is 0 Å². The molecule has 1 N–H and O–H groups in total. The molecule has 0 bridgehead atoms. The Morgan fingerprint density at radius 1 is 0.861 bits per heavy atom. The number of nitrogens with one attached hydrogen (secondary N) is 1. The van der Waals surface area contributed by atoms with Crippen LogP contribution >= 0.6 is 0 Å². The molecule has 2 aliphatic rings. The van der Waals surface area contributed by atoms with Crippen LogP contribution < -0.4 is 5.32 Å². The molecule has 4 aromatic rings. The highest BCUT2D eigenvalue weighted by atomic mass is 16.2. The number of aromatic nitrogens is 2. The van der Waals surface area contributed by atoms with Crippen molar-refractivity contribution in [1.82, 2.24) is 19.8 Å². The fraction of sp³-hybridized carbons (Fsp3) is 0.172. The van der Waals surface area contributed by atoms with Gasteiger partial charge < -0.3 is 9.47 Å². The average Bonchev–Trinajstić information content (AvgIpc) is 3.44. The molecule has 1 fully saturated rings. The molecule has 7 heteroatoms. The van der Waals surface area contributed by atoms with Crippen LogP contribution in [-0.4, -0.2) is 38.2 Å². The highest BCUT2D eigenvalue weighted by Crippen LogP contribution is 2.32. The molecule has 3 aromatic carbocycles. The summed E-state index contributed by atoms with van der Waals surface area (Å²) in [7, 11) is 1.97. The lowest BCUT2D eigenvalue weighted by Gasteiger charge is -2.29. The van der Waals surface area contributed by atoms with Gasteiger partial charge in [-0.25, -0.2) is 4.98 Å². The van der Waals surface area contributed by atoms with E-state index in [1.807, 2.05) is 54.2 Å². The van der Waals surface area contributed by atoms with Crippen LogP contribution in [0.4, 0.5) is 0 Å². The Morgan fingerprint density at radius 3 is 2.31 bits per heavy atom. The molecule has 178 valence electrons. The lowest BCUT2D eigenvalue weighted by Crippen LogP contribution is -2.52. The van der Waals surface area contributed by atoms with E-state index in [-0.39, 0.29) is 18.2 Å². The van der Waals surface area contributed by atoms with Gasteiger partial charge in [-0.15, -0.1) is 0 Å². The van der Waals surface area contributed by atoms with Crippen LogP contribution in [0.1, 0.15) is 28.8 Å². The Hall–Kier alpha value is -4.52. The van der Waals surface area contributed by atoms with Gasteiger partial charge in [0.05, 0.1) is 5.69 Å². The standard InChI is InChI=1S/C29H24N4O3/c1-32-17-24(30-27(32)20-9-7-19(8-10-20)18-5-3-2-4-6-18)21-11-12-23-22(15-21)16-33(29(23)36)25-13-14-26(34)31-28(25)35/h2-12,15,17,25H,13-14,16H2,1H3,(H,31,34,35). The van der Waals surface area contributed by atoms with Crippen molar-refractivity contribution in [1.29, 1.82) is 0 Å². The van der Waals surface area contributed by atoms with Crippen molar-refractivity contribution in [3.8, 4) is 33.8 Å². The van der Waals surface area contributed by atoms with Gasteiger partial charge in [-0.05, 0) is 35.2 Å². The summed E-state index contributed by atoms with van der Waals surface area (Å²) in [4.78, 5) is 43.3. The van der Waals surface area contributed by atoms with Crippen molar-refractivity contribution in [2.75, 3.05) is 0 Å². The minimum Gasteiger partial charge on any atom is -0.333 e. The SMILES string of the molecule is Cn1cc(-c2ccc3c(c2)CN(C2CCC(=O)NC2=O)C3=O)nc1-c1ccc(-c2ccccc2)cc1. The van der Waals surface area contributed by atoms with Crippen molar-refractivity contribution in [2.45, 2.75) is 25.4 Å². The number of carbonyl (C=O) groups excluding carboxylic acids is 3. The average molecular weight is 477 g/mol. The molecule has 6 rings (SSSR count). The van der Waals surface area contributed by atoms with E-state index in [0.29, 0.717) is 18.5 Å². The van der Waals surface area contributed by atoms with Gasteiger partial charge in [0.1, 0.15) is 11.9 Å². The van der Waals surface area contributed by atoms with Crippen molar-refractivity contribution in [2.24, 2.45) is 7.05 Å². The topological polar surface area (TPSA) is 84.3 Å². The Morgan fingerprint density at radius 2 is 1.56 bits per heavy atom. The van der Waals surface area contributed by atoms with E-state index in [0.717, 1.165) is 33.8 Å². The quantitative estimate of drug-likeness (QED) is 0.448. The molecule has 36 heavy (non-hydrogen) atoms. The molecule has 7 nitrogen and oxygen atoms in total. The number of hydrogen-bond donors (Lipinski definition) is 1. The highest BCUT2D eigenvalue weighted by Gasteiger charge is 2.39. The second-order valence-corrected chi connectivity index (χ2v) is 9.28. The molecule has 0 aliphatic carbocycles. The summed E-state index contributed by atoms with van der Waals surface area (Å²) in [5.41, 5.74) is 6.52. The summed E-state index contributed by atoms with van der Waals surface area (Å²) < 4.78 is 2.00. The fourth-order valence-electron chi connectivity index (χ4n) is 5.05. The minimum atomic E-state index is -0.619. The third kappa shape index (κ3) is 3.79. The third-order valence-corrected chi connectivity index (χ3v) is 6.95. The first-order chi connectivity index (χ1) is 17.5. The van der Waals surface area contributed by atoms with Crippen molar-refractivity contribution in [3.63, 3.8) is 0 Å². The smallest absolute Gasteiger partial charge is 0.255 e. The van der Waals surface area contributed by atoms with E-state index in [2.05, 4.69) is 41.7 Å². The van der Waals surface area contributed by atoms with E-state index in [1.165, 1.54) is 5.56 Å². The van der Waals surface area contributed by atoms with Crippen LogP contribution in [0.2, 0.25) is 0 Å². The number of amides is 3. The summed E-state index contributed by atoms with van der Waals surface area (Å²) in [6, 6.07) is 23.7. The largest absolute Gasteiger partial charge is 0.333 e. The predicted octanol–water partition coefficient (Wildman–Crippen LogP) is 4.18. The summed E-state index contributed by atoms with van der Waals surface area (Å²) in [6.45, 7) is 0.342. The van der Waals surface area contributed by atoms with Crippen molar-refractivity contribution in [3.05, 3.63) is 90.1 Å². The van der Waals surface area contributed by atoms with Gasteiger partial charge in [-0.2, -0.15) is 0 Å². The van der Waals surface area contributed by atoms with Crippen molar-refractivity contribution < 1.29 is 14.4 Å². The first kappa shape index (κ1) is 22.0. The molecule has 0 spiro atoms. The molecule has 3 amide bonds. The second-order valence-electron chi connectivity index (χ2n) is 9.28. The Balaban J connectivity index is 1.25. The van der Waals surface area contributed by atoms with Gasteiger partial charge in [0.25, 0.3) is 5.91 Å². The molecule has 2 aliphatic heterocycles. The summed E-state index contributed by atoms with van der Waals surface area (Å²) >= 11 is 0. The van der Waals surface area contributed by atoms with Crippen LogP contribution in [0.5, 0.6) is 0 Å². The van der Waals surface area contributed by atoms with E-state index >= 15 is 0 Å². The monoisotopic (exact) mass is 476 g/mol. The van der Waals surface area contributed by atoms with E-state index in [4.69, 9.17) is 4.98 Å². The zero-order chi connectivity index (χ0) is 24.8. The Bertz CT molecular complexity index is 1510. The number of imide groups is 1. The lowest BCUT2D eigenvalue weighted by atomic mass is 10.0. The molecule has 0 radical (unpaired) electrons. The number of hydrogen-bond acceptors (Lipinski definition) is 4. The number of imidazole rings is 1. The zero-order valence-electron chi connectivity index (χ0n) is 19.8. The summed E-state index contributed by atoms with van der Waals surface area (Å²) in [6.07, 6.45) is 2.58. The van der Waals surface area contributed by atoms with Gasteiger partial charge in [-0.1, -0.05) is 60.7 Å². The van der Waals surface area contributed by atoms with Crippen LogP contribution in [0.25, 0.3) is 33.8 Å².